The summed E-state index contributed by atoms with van der Waals surface area (Å²) in [4.78, 5) is 4.60. The number of nitrogens with zero attached hydrogens (tertiary/aromatic N) is 1. The van der Waals surface area contributed by atoms with Crippen LogP contribution in [0.5, 0.6) is 0 Å². The Balaban J connectivity index is 2.35. The third-order valence-electron chi connectivity index (χ3n) is 2.88. The Morgan fingerprint density at radius 1 is 1.29 bits per heavy atom. The van der Waals surface area contributed by atoms with E-state index in [-0.39, 0.29) is 0 Å². The van der Waals surface area contributed by atoms with Crippen molar-refractivity contribution in [1.82, 2.24) is 5.32 Å². The average molecular weight is 196 g/mol. The first-order chi connectivity index (χ1) is 6.86. The molecule has 0 bridgehead atoms. The van der Waals surface area contributed by atoms with Crippen molar-refractivity contribution in [3.8, 4) is 0 Å². The van der Waals surface area contributed by atoms with Crippen LogP contribution < -0.4 is 5.32 Å². The Morgan fingerprint density at radius 3 is 2.86 bits per heavy atom. The van der Waals surface area contributed by atoms with Crippen LogP contribution in [-0.2, 0) is 0 Å². The van der Waals surface area contributed by atoms with Crippen LogP contribution in [0.3, 0.4) is 0 Å². The van der Waals surface area contributed by atoms with Gasteiger partial charge in [0.25, 0.3) is 0 Å². The molecular formula is C12H24N2. The van der Waals surface area contributed by atoms with Crippen molar-refractivity contribution < 1.29 is 0 Å². The zero-order valence-electron chi connectivity index (χ0n) is 9.68. The number of amidine groups is 1. The molecule has 0 fully saturated rings. The maximum absolute atomic E-state index is 4.60. The van der Waals surface area contributed by atoms with E-state index < -0.39 is 0 Å². The van der Waals surface area contributed by atoms with Crippen LogP contribution in [0, 0.1) is 0 Å². The second kappa shape index (κ2) is 6.86. The average Bonchev–Trinajstić information content (AvgIpc) is 2.45. The van der Waals surface area contributed by atoms with E-state index in [2.05, 4.69) is 24.2 Å². The minimum Gasteiger partial charge on any atom is -0.371 e. The lowest BCUT2D eigenvalue weighted by Gasteiger charge is -2.18. The molecule has 0 radical (unpaired) electrons. The first-order valence-electron chi connectivity index (χ1n) is 6.16. The second-order valence-corrected chi connectivity index (χ2v) is 4.18. The Morgan fingerprint density at radius 2 is 2.14 bits per heavy atom. The number of nitrogens with one attached hydrogen (secondary N) is 1. The maximum Gasteiger partial charge on any atom is 0.0965 e. The van der Waals surface area contributed by atoms with Gasteiger partial charge in [0.1, 0.15) is 0 Å². The van der Waals surface area contributed by atoms with Crippen molar-refractivity contribution >= 4 is 5.84 Å². The minimum atomic E-state index is 0.650. The van der Waals surface area contributed by atoms with Gasteiger partial charge in [0.2, 0.25) is 0 Å². The van der Waals surface area contributed by atoms with E-state index in [0.29, 0.717) is 6.04 Å². The minimum absolute atomic E-state index is 0.650. The molecule has 0 spiro atoms. The van der Waals surface area contributed by atoms with E-state index in [0.717, 1.165) is 6.54 Å². The molecule has 0 aliphatic carbocycles. The monoisotopic (exact) mass is 196 g/mol. The van der Waals surface area contributed by atoms with Crippen LogP contribution in [0.4, 0.5) is 0 Å². The van der Waals surface area contributed by atoms with Crippen molar-refractivity contribution in [2.24, 2.45) is 4.99 Å². The molecule has 0 aromatic rings. The fourth-order valence-electron chi connectivity index (χ4n) is 1.95. The molecule has 82 valence electrons. The molecule has 0 amide bonds. The van der Waals surface area contributed by atoms with Crippen molar-refractivity contribution in [1.29, 1.82) is 0 Å². The van der Waals surface area contributed by atoms with Crippen LogP contribution in [0.15, 0.2) is 4.99 Å². The van der Waals surface area contributed by atoms with Crippen LogP contribution in [0.1, 0.15) is 58.8 Å². The summed E-state index contributed by atoms with van der Waals surface area (Å²) in [6.07, 6.45) is 8.85. The van der Waals surface area contributed by atoms with Gasteiger partial charge < -0.3 is 5.32 Å². The summed E-state index contributed by atoms with van der Waals surface area (Å²) in [7, 11) is 0. The molecule has 14 heavy (non-hydrogen) atoms. The SMILES string of the molecule is CCCC(CC)NC1=NCCCCC1. The maximum atomic E-state index is 4.60. The number of rotatable bonds is 4. The summed E-state index contributed by atoms with van der Waals surface area (Å²) in [6.45, 7) is 5.54. The molecule has 0 saturated carbocycles. The van der Waals surface area contributed by atoms with Gasteiger partial charge in [0.05, 0.1) is 5.84 Å². The Bertz CT molecular complexity index is 175. The van der Waals surface area contributed by atoms with Gasteiger partial charge in [0, 0.05) is 19.0 Å². The predicted molar refractivity (Wildman–Crippen MR) is 62.9 cm³/mol. The summed E-state index contributed by atoms with van der Waals surface area (Å²) in [5, 5.41) is 3.60. The number of hydrogen-bond donors (Lipinski definition) is 1. The molecule has 2 nitrogen and oxygen atoms in total. The van der Waals surface area contributed by atoms with Gasteiger partial charge in [-0.2, -0.15) is 0 Å². The van der Waals surface area contributed by atoms with E-state index in [1.807, 2.05) is 0 Å². The molecule has 1 heterocycles. The largest absolute Gasteiger partial charge is 0.371 e. The molecule has 0 aromatic heterocycles. The molecular weight excluding hydrogens is 172 g/mol. The van der Waals surface area contributed by atoms with Gasteiger partial charge >= 0.3 is 0 Å². The number of hydrogen-bond acceptors (Lipinski definition) is 2. The third kappa shape index (κ3) is 4.12. The highest BCUT2D eigenvalue weighted by atomic mass is 15.0. The zero-order chi connectivity index (χ0) is 10.2. The highest BCUT2D eigenvalue weighted by Crippen LogP contribution is 2.08. The summed E-state index contributed by atoms with van der Waals surface area (Å²) in [5.41, 5.74) is 0. The standard InChI is InChI=1S/C12H24N2/c1-3-8-11(4-2)14-12-9-6-5-7-10-13-12/h11H,3-10H2,1-2H3,(H,13,14). The van der Waals surface area contributed by atoms with Gasteiger partial charge in [-0.1, -0.05) is 26.7 Å². The fourth-order valence-corrected chi connectivity index (χ4v) is 1.95. The highest BCUT2D eigenvalue weighted by molar-refractivity contribution is 5.82. The molecule has 1 unspecified atom stereocenters. The molecule has 1 atom stereocenters. The van der Waals surface area contributed by atoms with E-state index in [1.165, 1.54) is 50.8 Å². The first kappa shape index (κ1) is 11.5. The number of aliphatic imine (C=N–C) groups is 1. The predicted octanol–water partition coefficient (Wildman–Crippen LogP) is 3.13. The van der Waals surface area contributed by atoms with E-state index in [9.17, 15) is 0 Å². The molecule has 1 aliphatic rings. The molecule has 0 saturated heterocycles. The third-order valence-corrected chi connectivity index (χ3v) is 2.88. The summed E-state index contributed by atoms with van der Waals surface area (Å²) in [5.74, 6) is 1.27. The van der Waals surface area contributed by atoms with E-state index in [1.54, 1.807) is 0 Å². The Labute approximate surface area is 88.2 Å². The van der Waals surface area contributed by atoms with Gasteiger partial charge in [-0.05, 0) is 25.7 Å². The van der Waals surface area contributed by atoms with Crippen LogP contribution in [-0.4, -0.2) is 18.4 Å². The van der Waals surface area contributed by atoms with Crippen LogP contribution in [0.2, 0.25) is 0 Å². The molecule has 1 rings (SSSR count). The van der Waals surface area contributed by atoms with Crippen molar-refractivity contribution in [2.75, 3.05) is 6.54 Å². The lowest BCUT2D eigenvalue weighted by molar-refractivity contribution is 0.531. The topological polar surface area (TPSA) is 24.4 Å². The van der Waals surface area contributed by atoms with Crippen LogP contribution >= 0.6 is 0 Å². The Kier molecular flexibility index (Phi) is 5.65. The lowest BCUT2D eigenvalue weighted by Crippen LogP contribution is -2.34. The van der Waals surface area contributed by atoms with Gasteiger partial charge in [0.15, 0.2) is 0 Å². The van der Waals surface area contributed by atoms with Crippen molar-refractivity contribution in [2.45, 2.75) is 64.8 Å². The zero-order valence-corrected chi connectivity index (χ0v) is 9.68. The first-order valence-corrected chi connectivity index (χ1v) is 6.16. The molecule has 0 aromatic carbocycles. The molecule has 1 aliphatic heterocycles. The van der Waals surface area contributed by atoms with Gasteiger partial charge in [-0.15, -0.1) is 0 Å². The Hall–Kier alpha value is -0.530. The normalized spacial score (nSPS) is 19.7. The van der Waals surface area contributed by atoms with Crippen molar-refractivity contribution in [3.63, 3.8) is 0 Å². The quantitative estimate of drug-likeness (QED) is 0.734. The fraction of sp³-hybridized carbons (Fsp3) is 0.917. The molecule has 2 heteroatoms. The van der Waals surface area contributed by atoms with E-state index in [4.69, 9.17) is 0 Å². The van der Waals surface area contributed by atoms with Crippen LogP contribution in [0.25, 0.3) is 0 Å². The van der Waals surface area contributed by atoms with Crippen molar-refractivity contribution in [3.05, 3.63) is 0 Å². The highest BCUT2D eigenvalue weighted by Gasteiger charge is 2.09. The lowest BCUT2D eigenvalue weighted by atomic mass is 10.1. The van der Waals surface area contributed by atoms with E-state index >= 15 is 0 Å². The van der Waals surface area contributed by atoms with Gasteiger partial charge in [-0.25, -0.2) is 0 Å². The summed E-state index contributed by atoms with van der Waals surface area (Å²) < 4.78 is 0. The smallest absolute Gasteiger partial charge is 0.0965 e. The second-order valence-electron chi connectivity index (χ2n) is 4.18. The summed E-state index contributed by atoms with van der Waals surface area (Å²) >= 11 is 0. The van der Waals surface area contributed by atoms with Gasteiger partial charge in [-0.3, -0.25) is 4.99 Å². The molecule has 1 N–H and O–H groups in total. The summed E-state index contributed by atoms with van der Waals surface area (Å²) in [6, 6.07) is 0.650.